The molecule has 0 aliphatic heterocycles. The monoisotopic (exact) mass is 498 g/mol. The van der Waals surface area contributed by atoms with Crippen molar-refractivity contribution in [3.8, 4) is 0 Å². The number of nitrogens with one attached hydrogen (secondary N) is 2. The smallest absolute Gasteiger partial charge is 0.270 e. The minimum Gasteiger partial charge on any atom is -0.296 e. The summed E-state index contributed by atoms with van der Waals surface area (Å²) < 4.78 is 28.7. The standard InChI is InChI=1S/C23H19ClN4O3S2/c1-15-7-9-17(10-8-15)20(16-5-3-2-4-6-16)28-33(30,31)23-27-26-22(32-23)25-21(29)18-11-13-19(24)14-12-18/h2-14,20,28H,1H3,(H,25,26,29)/t20-/m1/s1. The van der Waals surface area contributed by atoms with Gasteiger partial charge >= 0.3 is 0 Å². The van der Waals surface area contributed by atoms with E-state index < -0.39 is 22.0 Å². The minimum absolute atomic E-state index is 0.0712. The summed E-state index contributed by atoms with van der Waals surface area (Å²) in [6, 6.07) is 22.6. The fraction of sp³-hybridized carbons (Fsp3) is 0.0870. The van der Waals surface area contributed by atoms with Gasteiger partial charge in [-0.25, -0.2) is 8.42 Å². The Morgan fingerprint density at radius 3 is 2.21 bits per heavy atom. The van der Waals surface area contributed by atoms with Crippen LogP contribution in [0.4, 0.5) is 5.13 Å². The molecule has 0 fully saturated rings. The van der Waals surface area contributed by atoms with Crippen LogP contribution in [0.25, 0.3) is 0 Å². The van der Waals surface area contributed by atoms with Crippen molar-refractivity contribution >= 4 is 44.0 Å². The fourth-order valence-electron chi connectivity index (χ4n) is 3.08. The molecule has 1 amide bonds. The highest BCUT2D eigenvalue weighted by Gasteiger charge is 2.27. The molecule has 10 heteroatoms. The first-order chi connectivity index (χ1) is 15.8. The van der Waals surface area contributed by atoms with Crippen LogP contribution in [0.15, 0.2) is 83.2 Å². The third-order valence-corrected chi connectivity index (χ3v) is 7.66. The lowest BCUT2D eigenvalue weighted by atomic mass is 9.99. The summed E-state index contributed by atoms with van der Waals surface area (Å²) in [6.45, 7) is 1.96. The van der Waals surface area contributed by atoms with Crippen molar-refractivity contribution in [1.82, 2.24) is 14.9 Å². The van der Waals surface area contributed by atoms with E-state index in [1.54, 1.807) is 24.3 Å². The average Bonchev–Trinajstić information content (AvgIpc) is 3.29. The van der Waals surface area contributed by atoms with Gasteiger partial charge < -0.3 is 0 Å². The van der Waals surface area contributed by atoms with Crippen molar-refractivity contribution < 1.29 is 13.2 Å². The van der Waals surface area contributed by atoms with Gasteiger partial charge in [0.25, 0.3) is 15.9 Å². The van der Waals surface area contributed by atoms with Crippen molar-refractivity contribution in [2.75, 3.05) is 5.32 Å². The molecule has 0 saturated heterocycles. The summed E-state index contributed by atoms with van der Waals surface area (Å²) >= 11 is 6.61. The number of anilines is 1. The number of rotatable bonds is 7. The quantitative estimate of drug-likeness (QED) is 0.356. The van der Waals surface area contributed by atoms with Crippen LogP contribution in [0.5, 0.6) is 0 Å². The Morgan fingerprint density at radius 2 is 1.55 bits per heavy atom. The first-order valence-corrected chi connectivity index (χ1v) is 12.5. The Kier molecular flexibility index (Phi) is 6.85. The van der Waals surface area contributed by atoms with Crippen molar-refractivity contribution in [2.24, 2.45) is 0 Å². The molecule has 0 unspecified atom stereocenters. The van der Waals surface area contributed by atoms with E-state index in [9.17, 15) is 13.2 Å². The van der Waals surface area contributed by atoms with E-state index in [2.05, 4.69) is 20.2 Å². The molecule has 1 aromatic heterocycles. The lowest BCUT2D eigenvalue weighted by molar-refractivity contribution is 0.102. The molecule has 4 rings (SSSR count). The Morgan fingerprint density at radius 1 is 0.909 bits per heavy atom. The number of hydrogen-bond acceptors (Lipinski definition) is 6. The van der Waals surface area contributed by atoms with Crippen LogP contribution in [0.3, 0.4) is 0 Å². The average molecular weight is 499 g/mol. The fourth-order valence-corrected chi connectivity index (χ4v) is 5.33. The van der Waals surface area contributed by atoms with Gasteiger partial charge in [-0.15, -0.1) is 10.2 Å². The Bertz CT molecular complexity index is 1360. The summed E-state index contributed by atoms with van der Waals surface area (Å²) in [5, 5.41) is 10.7. The number of sulfonamides is 1. The maximum atomic E-state index is 13.1. The Labute approximate surface area is 200 Å². The zero-order valence-corrected chi connectivity index (χ0v) is 19.8. The molecule has 0 aliphatic rings. The van der Waals surface area contributed by atoms with E-state index >= 15 is 0 Å². The van der Waals surface area contributed by atoms with Crippen LogP contribution in [-0.2, 0) is 10.0 Å². The molecule has 33 heavy (non-hydrogen) atoms. The van der Waals surface area contributed by atoms with Crippen molar-refractivity contribution in [3.63, 3.8) is 0 Å². The second kappa shape index (κ2) is 9.80. The molecule has 3 aromatic carbocycles. The SMILES string of the molecule is Cc1ccc([C@H](NS(=O)(=O)c2nnc(NC(=O)c3ccc(Cl)cc3)s2)c2ccccc2)cc1. The maximum absolute atomic E-state index is 13.1. The number of hydrogen-bond donors (Lipinski definition) is 2. The first kappa shape index (κ1) is 23.1. The number of aromatic nitrogens is 2. The van der Waals surface area contributed by atoms with Crippen LogP contribution in [-0.4, -0.2) is 24.5 Å². The minimum atomic E-state index is -4.02. The molecule has 0 bridgehead atoms. The van der Waals surface area contributed by atoms with Crippen LogP contribution in [0, 0.1) is 6.92 Å². The highest BCUT2D eigenvalue weighted by atomic mass is 35.5. The second-order valence-electron chi connectivity index (χ2n) is 7.21. The highest BCUT2D eigenvalue weighted by molar-refractivity contribution is 7.91. The van der Waals surface area contributed by atoms with Gasteiger partial charge in [0.1, 0.15) is 0 Å². The van der Waals surface area contributed by atoms with E-state index in [-0.39, 0.29) is 9.47 Å². The number of carbonyl (C=O) groups is 1. The predicted molar refractivity (Wildman–Crippen MR) is 129 cm³/mol. The Balaban J connectivity index is 1.57. The van der Waals surface area contributed by atoms with Crippen molar-refractivity contribution in [1.29, 1.82) is 0 Å². The number of carbonyl (C=O) groups excluding carboxylic acids is 1. The molecular weight excluding hydrogens is 480 g/mol. The van der Waals surface area contributed by atoms with Crippen LogP contribution < -0.4 is 10.0 Å². The third-order valence-electron chi connectivity index (χ3n) is 4.78. The molecule has 0 aliphatic carbocycles. The van der Waals surface area contributed by atoms with Gasteiger partial charge in [0.05, 0.1) is 6.04 Å². The molecule has 2 N–H and O–H groups in total. The molecule has 1 atom stereocenters. The van der Waals surface area contributed by atoms with Gasteiger partial charge in [-0.1, -0.05) is 83.1 Å². The highest BCUT2D eigenvalue weighted by Crippen LogP contribution is 2.27. The zero-order valence-electron chi connectivity index (χ0n) is 17.4. The van der Waals surface area contributed by atoms with Gasteiger partial charge in [0, 0.05) is 10.6 Å². The van der Waals surface area contributed by atoms with Crippen LogP contribution in [0.2, 0.25) is 5.02 Å². The molecule has 4 aromatic rings. The summed E-state index contributed by atoms with van der Waals surface area (Å²) in [5.74, 6) is -0.443. The Hall–Kier alpha value is -3.11. The summed E-state index contributed by atoms with van der Waals surface area (Å²) in [6.07, 6.45) is 0. The van der Waals surface area contributed by atoms with Crippen molar-refractivity contribution in [3.05, 3.63) is 106 Å². The topological polar surface area (TPSA) is 101 Å². The maximum Gasteiger partial charge on any atom is 0.270 e. The summed E-state index contributed by atoms with van der Waals surface area (Å²) in [5.41, 5.74) is 3.00. The van der Waals surface area contributed by atoms with Gasteiger partial charge in [0.2, 0.25) is 9.47 Å². The molecule has 0 saturated carbocycles. The summed E-state index contributed by atoms with van der Waals surface area (Å²) in [7, 11) is -4.02. The largest absolute Gasteiger partial charge is 0.296 e. The first-order valence-electron chi connectivity index (χ1n) is 9.86. The summed E-state index contributed by atoms with van der Waals surface area (Å²) in [4.78, 5) is 12.4. The van der Waals surface area contributed by atoms with E-state index in [0.29, 0.717) is 10.6 Å². The van der Waals surface area contributed by atoms with E-state index in [0.717, 1.165) is 28.0 Å². The second-order valence-corrected chi connectivity index (χ2v) is 10.5. The van der Waals surface area contributed by atoms with Crippen molar-refractivity contribution in [2.45, 2.75) is 17.3 Å². The van der Waals surface area contributed by atoms with Gasteiger partial charge in [-0.2, -0.15) is 4.72 Å². The van der Waals surface area contributed by atoms with Gasteiger partial charge in [-0.3, -0.25) is 10.1 Å². The molecule has 168 valence electrons. The molecular formula is C23H19ClN4O3S2. The van der Waals surface area contributed by atoms with Crippen LogP contribution in [0.1, 0.15) is 33.1 Å². The molecule has 7 nitrogen and oxygen atoms in total. The molecule has 0 radical (unpaired) electrons. The predicted octanol–water partition coefficient (Wildman–Crippen LogP) is 4.82. The van der Waals surface area contributed by atoms with E-state index in [1.807, 2.05) is 61.5 Å². The zero-order chi connectivity index (χ0) is 23.4. The van der Waals surface area contributed by atoms with Crippen LogP contribution >= 0.6 is 22.9 Å². The number of amides is 1. The normalized spacial score (nSPS) is 12.3. The molecule has 0 spiro atoms. The van der Waals surface area contributed by atoms with E-state index in [1.165, 1.54) is 0 Å². The number of benzene rings is 3. The number of halogens is 1. The number of aryl methyl sites for hydroxylation is 1. The van der Waals surface area contributed by atoms with E-state index in [4.69, 9.17) is 11.6 Å². The van der Waals surface area contributed by atoms with Gasteiger partial charge in [-0.05, 0) is 42.3 Å². The lowest BCUT2D eigenvalue weighted by Crippen LogP contribution is -2.29. The lowest BCUT2D eigenvalue weighted by Gasteiger charge is -2.19. The van der Waals surface area contributed by atoms with Gasteiger partial charge in [0.15, 0.2) is 0 Å². The third kappa shape index (κ3) is 5.63. The number of nitrogens with zero attached hydrogens (tertiary/aromatic N) is 2. The molecule has 1 heterocycles.